The summed E-state index contributed by atoms with van der Waals surface area (Å²) in [5.41, 5.74) is 0. The summed E-state index contributed by atoms with van der Waals surface area (Å²) in [6.07, 6.45) is 1.25. The lowest BCUT2D eigenvalue weighted by atomic mass is 9.91. The maximum Gasteiger partial charge on any atom is 0.251 e. The molecule has 0 aliphatic carbocycles. The number of rotatable bonds is 5. The SMILES string of the molecule is CC(C)c1noc(C(NC(=O)C2CN(C)CCO2)C2CCOCC2)n1. The molecule has 25 heavy (non-hydrogen) atoms. The van der Waals surface area contributed by atoms with Gasteiger partial charge in [-0.2, -0.15) is 4.98 Å². The highest BCUT2D eigenvalue weighted by atomic mass is 16.5. The van der Waals surface area contributed by atoms with Gasteiger partial charge in [0.2, 0.25) is 5.89 Å². The van der Waals surface area contributed by atoms with Crippen LogP contribution in [0.1, 0.15) is 50.4 Å². The molecule has 2 saturated heterocycles. The zero-order valence-corrected chi connectivity index (χ0v) is 15.2. The topological polar surface area (TPSA) is 89.7 Å². The molecule has 1 N–H and O–H groups in total. The smallest absolute Gasteiger partial charge is 0.251 e. The minimum absolute atomic E-state index is 0.118. The van der Waals surface area contributed by atoms with Gasteiger partial charge >= 0.3 is 0 Å². The van der Waals surface area contributed by atoms with Crippen LogP contribution in [0.4, 0.5) is 0 Å². The maximum absolute atomic E-state index is 12.7. The van der Waals surface area contributed by atoms with Crippen LogP contribution in [-0.2, 0) is 14.3 Å². The zero-order chi connectivity index (χ0) is 17.8. The van der Waals surface area contributed by atoms with Gasteiger partial charge in [0.1, 0.15) is 12.1 Å². The Bertz CT molecular complexity index is 571. The maximum atomic E-state index is 12.7. The van der Waals surface area contributed by atoms with E-state index in [2.05, 4.69) is 20.4 Å². The third kappa shape index (κ3) is 4.56. The van der Waals surface area contributed by atoms with Crippen LogP contribution < -0.4 is 5.32 Å². The van der Waals surface area contributed by atoms with Crippen LogP contribution in [0, 0.1) is 5.92 Å². The summed E-state index contributed by atoms with van der Waals surface area (Å²) in [5.74, 6) is 1.42. The molecule has 3 rings (SSSR count). The van der Waals surface area contributed by atoms with E-state index in [1.165, 1.54) is 0 Å². The lowest BCUT2D eigenvalue weighted by Gasteiger charge is -2.32. The zero-order valence-electron chi connectivity index (χ0n) is 15.2. The van der Waals surface area contributed by atoms with Gasteiger partial charge in [-0.1, -0.05) is 19.0 Å². The predicted molar refractivity (Wildman–Crippen MR) is 90.1 cm³/mol. The van der Waals surface area contributed by atoms with Crippen LogP contribution in [0.5, 0.6) is 0 Å². The van der Waals surface area contributed by atoms with Crippen LogP contribution in [0.25, 0.3) is 0 Å². The van der Waals surface area contributed by atoms with E-state index < -0.39 is 6.10 Å². The molecule has 8 heteroatoms. The van der Waals surface area contributed by atoms with Crippen molar-refractivity contribution in [3.8, 4) is 0 Å². The Balaban J connectivity index is 1.74. The molecule has 1 aromatic heterocycles. The Morgan fingerprint density at radius 1 is 1.28 bits per heavy atom. The van der Waals surface area contributed by atoms with E-state index >= 15 is 0 Å². The van der Waals surface area contributed by atoms with Crippen molar-refractivity contribution in [2.24, 2.45) is 5.92 Å². The van der Waals surface area contributed by atoms with Crippen molar-refractivity contribution in [3.05, 3.63) is 11.7 Å². The Morgan fingerprint density at radius 2 is 2.04 bits per heavy atom. The predicted octanol–water partition coefficient (Wildman–Crippen LogP) is 1.11. The summed E-state index contributed by atoms with van der Waals surface area (Å²) >= 11 is 0. The fourth-order valence-electron chi connectivity index (χ4n) is 3.22. The summed E-state index contributed by atoms with van der Waals surface area (Å²) in [6.45, 7) is 7.40. The van der Waals surface area contributed by atoms with E-state index in [9.17, 15) is 4.79 Å². The number of nitrogens with one attached hydrogen (secondary N) is 1. The largest absolute Gasteiger partial charge is 0.381 e. The molecular formula is C17H28N4O4. The molecule has 0 radical (unpaired) electrons. The summed E-state index contributed by atoms with van der Waals surface area (Å²) in [7, 11) is 1.99. The van der Waals surface area contributed by atoms with Gasteiger partial charge < -0.3 is 24.2 Å². The second-order valence-electron chi connectivity index (χ2n) is 7.20. The highest BCUT2D eigenvalue weighted by molar-refractivity contribution is 5.81. The fourth-order valence-corrected chi connectivity index (χ4v) is 3.22. The van der Waals surface area contributed by atoms with Crippen molar-refractivity contribution in [2.75, 3.05) is 40.0 Å². The molecule has 2 unspecified atom stereocenters. The third-order valence-electron chi connectivity index (χ3n) is 4.84. The normalized spacial score (nSPS) is 24.4. The van der Waals surface area contributed by atoms with E-state index in [0.29, 0.717) is 38.1 Å². The Labute approximate surface area is 148 Å². The molecule has 1 aromatic rings. The molecule has 2 aliphatic rings. The number of amides is 1. The molecule has 0 aromatic carbocycles. The van der Waals surface area contributed by atoms with Crippen LogP contribution in [0.15, 0.2) is 4.52 Å². The number of carbonyl (C=O) groups is 1. The van der Waals surface area contributed by atoms with E-state index in [1.807, 2.05) is 20.9 Å². The van der Waals surface area contributed by atoms with E-state index in [1.54, 1.807) is 0 Å². The van der Waals surface area contributed by atoms with Crippen molar-refractivity contribution in [3.63, 3.8) is 0 Å². The summed E-state index contributed by atoms with van der Waals surface area (Å²) < 4.78 is 16.6. The molecule has 0 saturated carbocycles. The van der Waals surface area contributed by atoms with Crippen molar-refractivity contribution in [1.82, 2.24) is 20.4 Å². The van der Waals surface area contributed by atoms with E-state index in [0.717, 1.165) is 19.4 Å². The number of aromatic nitrogens is 2. The highest BCUT2D eigenvalue weighted by Crippen LogP contribution is 2.30. The number of morpholine rings is 1. The highest BCUT2D eigenvalue weighted by Gasteiger charge is 2.34. The molecule has 2 atom stereocenters. The van der Waals surface area contributed by atoms with Gasteiger partial charge in [0.05, 0.1) is 6.61 Å². The molecule has 3 heterocycles. The number of likely N-dealkylation sites (N-methyl/N-ethyl adjacent to an activating group) is 1. The van der Waals surface area contributed by atoms with Crippen molar-refractivity contribution < 1.29 is 18.8 Å². The van der Waals surface area contributed by atoms with Gasteiger partial charge in [-0.3, -0.25) is 4.79 Å². The molecule has 2 aliphatic heterocycles. The lowest BCUT2D eigenvalue weighted by Crippen LogP contribution is -2.50. The number of hydrogen-bond donors (Lipinski definition) is 1. The van der Waals surface area contributed by atoms with Gasteiger partial charge in [0, 0.05) is 32.2 Å². The fraction of sp³-hybridized carbons (Fsp3) is 0.824. The summed E-state index contributed by atoms with van der Waals surface area (Å²) in [6, 6.07) is -0.299. The monoisotopic (exact) mass is 352 g/mol. The van der Waals surface area contributed by atoms with E-state index in [4.69, 9.17) is 14.0 Å². The standard InChI is InChI=1S/C17H28N4O4/c1-11(2)15-19-17(25-20-15)14(12-4-7-23-8-5-12)18-16(22)13-10-21(3)6-9-24-13/h11-14H,4-10H2,1-3H3,(H,18,22). The Morgan fingerprint density at radius 3 is 2.68 bits per heavy atom. The second-order valence-corrected chi connectivity index (χ2v) is 7.20. The first-order valence-corrected chi connectivity index (χ1v) is 9.06. The first kappa shape index (κ1) is 18.3. The molecule has 8 nitrogen and oxygen atoms in total. The molecule has 0 spiro atoms. The van der Waals surface area contributed by atoms with Crippen molar-refractivity contribution in [1.29, 1.82) is 0 Å². The van der Waals surface area contributed by atoms with Gasteiger partial charge in [-0.05, 0) is 25.8 Å². The first-order valence-electron chi connectivity index (χ1n) is 9.06. The first-order chi connectivity index (χ1) is 12.0. The van der Waals surface area contributed by atoms with Crippen LogP contribution in [0.2, 0.25) is 0 Å². The molecule has 140 valence electrons. The number of hydrogen-bond acceptors (Lipinski definition) is 7. The number of carbonyl (C=O) groups excluding carboxylic acids is 1. The van der Waals surface area contributed by atoms with Gasteiger partial charge in [0.25, 0.3) is 5.91 Å². The number of nitrogens with zero attached hydrogens (tertiary/aromatic N) is 3. The Kier molecular flexibility index (Phi) is 6.03. The third-order valence-corrected chi connectivity index (χ3v) is 4.84. The van der Waals surface area contributed by atoms with Gasteiger partial charge in [-0.25, -0.2) is 0 Å². The summed E-state index contributed by atoms with van der Waals surface area (Å²) in [4.78, 5) is 19.3. The lowest BCUT2D eigenvalue weighted by molar-refractivity contribution is -0.139. The average molecular weight is 352 g/mol. The van der Waals surface area contributed by atoms with Crippen LogP contribution in [0.3, 0.4) is 0 Å². The minimum Gasteiger partial charge on any atom is -0.381 e. The Hall–Kier alpha value is -1.51. The van der Waals surface area contributed by atoms with Gasteiger partial charge in [-0.15, -0.1) is 0 Å². The van der Waals surface area contributed by atoms with E-state index in [-0.39, 0.29) is 23.8 Å². The average Bonchev–Trinajstić information content (AvgIpc) is 3.10. The number of ether oxygens (including phenoxy) is 2. The molecule has 2 fully saturated rings. The minimum atomic E-state index is -0.464. The van der Waals surface area contributed by atoms with Gasteiger partial charge in [0.15, 0.2) is 5.82 Å². The van der Waals surface area contributed by atoms with Crippen LogP contribution >= 0.6 is 0 Å². The second kappa shape index (κ2) is 8.25. The summed E-state index contributed by atoms with van der Waals surface area (Å²) in [5, 5.41) is 7.16. The van der Waals surface area contributed by atoms with Crippen molar-refractivity contribution in [2.45, 2.75) is 44.8 Å². The molecular weight excluding hydrogens is 324 g/mol. The quantitative estimate of drug-likeness (QED) is 0.849. The molecule has 0 bridgehead atoms. The molecule has 1 amide bonds. The van der Waals surface area contributed by atoms with Crippen LogP contribution in [-0.4, -0.2) is 67.0 Å². The van der Waals surface area contributed by atoms with Crippen molar-refractivity contribution >= 4 is 5.91 Å².